The van der Waals surface area contributed by atoms with Crippen LogP contribution in [0.2, 0.25) is 0 Å². The van der Waals surface area contributed by atoms with Crippen molar-refractivity contribution in [3.05, 3.63) is 29.5 Å². The van der Waals surface area contributed by atoms with E-state index in [1.807, 2.05) is 24.3 Å². The molecule has 1 aromatic carbocycles. The Kier molecular flexibility index (Phi) is 2.14. The van der Waals surface area contributed by atoms with Crippen molar-refractivity contribution in [1.82, 2.24) is 4.98 Å². The molecular weight excluding hydrogens is 220 g/mol. The van der Waals surface area contributed by atoms with Crippen molar-refractivity contribution in [3.63, 3.8) is 0 Å². The van der Waals surface area contributed by atoms with Gasteiger partial charge in [0.1, 0.15) is 0 Å². The van der Waals surface area contributed by atoms with Gasteiger partial charge in [0.15, 0.2) is 0 Å². The number of aromatic amines is 1. The third-order valence-electron chi connectivity index (χ3n) is 1.84. The molecule has 1 aromatic heterocycles. The van der Waals surface area contributed by atoms with E-state index in [1.54, 1.807) is 5.48 Å². The van der Waals surface area contributed by atoms with Crippen LogP contribution in [-0.4, -0.2) is 4.98 Å². The quantitative estimate of drug-likeness (QED) is 0.468. The summed E-state index contributed by atoms with van der Waals surface area (Å²) in [5, 5.41) is 11.4. The molecule has 0 atom stereocenters. The van der Waals surface area contributed by atoms with Gasteiger partial charge in [-0.1, -0.05) is 0 Å². The molecule has 0 aliphatic heterocycles. The van der Waals surface area contributed by atoms with Crippen LogP contribution in [-0.2, 0) is 19.4 Å². The minimum atomic E-state index is 0.274. The summed E-state index contributed by atoms with van der Waals surface area (Å²) in [4.78, 5) is 2.87. The Labute approximate surface area is 82.2 Å². The van der Waals surface area contributed by atoms with Crippen LogP contribution in [0.4, 0.5) is 5.69 Å². The molecule has 0 saturated heterocycles. The second kappa shape index (κ2) is 3.30. The van der Waals surface area contributed by atoms with Crippen molar-refractivity contribution in [2.24, 2.45) is 0 Å². The first-order chi connectivity index (χ1) is 6.36. The van der Waals surface area contributed by atoms with Gasteiger partial charge in [0.25, 0.3) is 0 Å². The van der Waals surface area contributed by atoms with E-state index >= 15 is 0 Å². The summed E-state index contributed by atoms with van der Waals surface area (Å²) in [6.07, 6.45) is 0. The third kappa shape index (κ3) is 1.27. The fourth-order valence-corrected chi connectivity index (χ4v) is 1.41. The standard InChI is InChI=1S/C8H7N2O2.Cu/c11-8-7(10-12)5-3-1-2-4-6(5)9-8;/h1-4,9-11H;/q-1;+2/p-1. The molecule has 0 aliphatic carbocycles. The molecule has 71 valence electrons. The molecule has 0 bridgehead atoms. The molecule has 4 nitrogen and oxygen atoms in total. The molecule has 13 heavy (non-hydrogen) atoms. The van der Waals surface area contributed by atoms with Crippen LogP contribution >= 0.6 is 0 Å². The zero-order valence-electron chi connectivity index (χ0n) is 6.43. The van der Waals surface area contributed by atoms with Crippen LogP contribution in [0.15, 0.2) is 24.3 Å². The number of hydrogen-bond acceptors (Lipinski definition) is 2. The summed E-state index contributed by atoms with van der Waals surface area (Å²) < 4.78 is 4.57. The van der Waals surface area contributed by atoms with Crippen LogP contribution in [0.3, 0.4) is 0 Å². The molecule has 0 radical (unpaired) electrons. The number of aromatic nitrogens is 1. The molecular formula is C8H6CuN2O2. The molecule has 0 fully saturated rings. The van der Waals surface area contributed by atoms with Crippen molar-refractivity contribution in [3.8, 4) is 5.88 Å². The van der Waals surface area contributed by atoms with Crippen molar-refractivity contribution >= 4 is 16.6 Å². The molecule has 2 rings (SSSR count). The zero-order chi connectivity index (χ0) is 9.26. The minimum absolute atomic E-state index is 0.274. The monoisotopic (exact) mass is 225 g/mol. The number of rotatable bonds is 2. The fraction of sp³-hybridized carbons (Fsp3) is 0. The van der Waals surface area contributed by atoms with Crippen LogP contribution in [0.1, 0.15) is 0 Å². The second-order valence-corrected chi connectivity index (χ2v) is 2.73. The van der Waals surface area contributed by atoms with Gasteiger partial charge in [-0.2, -0.15) is 0 Å². The van der Waals surface area contributed by atoms with Gasteiger partial charge in [-0.3, -0.25) is 0 Å². The SMILES string of the molecule is [O-]Nc1c([O+]=[Cu])[nH]c2ccccc12. The van der Waals surface area contributed by atoms with Gasteiger partial charge in [0.2, 0.25) is 0 Å². The van der Waals surface area contributed by atoms with Crippen LogP contribution in [0.5, 0.6) is 5.88 Å². The maximum absolute atomic E-state index is 10.6. The molecule has 0 saturated carbocycles. The van der Waals surface area contributed by atoms with Crippen molar-refractivity contribution in [1.29, 1.82) is 0 Å². The Bertz CT molecular complexity index is 452. The summed E-state index contributed by atoms with van der Waals surface area (Å²) in [7, 11) is 0. The molecule has 0 unspecified atom stereocenters. The molecule has 0 aliphatic rings. The third-order valence-corrected chi connectivity index (χ3v) is 2.03. The van der Waals surface area contributed by atoms with E-state index in [0.717, 1.165) is 10.9 Å². The Hall–Kier alpha value is -1.16. The first-order valence-corrected chi connectivity index (χ1v) is 3.99. The van der Waals surface area contributed by atoms with Gasteiger partial charge >= 0.3 is 81.8 Å². The molecule has 2 N–H and O–H groups in total. The van der Waals surface area contributed by atoms with Gasteiger partial charge in [-0.15, -0.1) is 0 Å². The number of fused-ring (bicyclic) bond motifs is 1. The molecule has 0 spiro atoms. The molecule has 0 amide bonds. The van der Waals surface area contributed by atoms with E-state index in [2.05, 4.69) is 24.4 Å². The van der Waals surface area contributed by atoms with Crippen molar-refractivity contribution in [2.45, 2.75) is 0 Å². The van der Waals surface area contributed by atoms with Gasteiger partial charge in [0.05, 0.1) is 0 Å². The Balaban J connectivity index is 2.81. The first kappa shape index (κ1) is 8.44. The zero-order valence-corrected chi connectivity index (χ0v) is 7.37. The van der Waals surface area contributed by atoms with Gasteiger partial charge < -0.3 is 0 Å². The van der Waals surface area contributed by atoms with Crippen LogP contribution < -0.4 is 5.48 Å². The van der Waals surface area contributed by atoms with Crippen LogP contribution in [0.25, 0.3) is 10.9 Å². The number of benzene rings is 1. The summed E-state index contributed by atoms with van der Waals surface area (Å²) >= 11 is 4.55. The number of anilines is 1. The summed E-state index contributed by atoms with van der Waals surface area (Å²) in [5.74, 6) is 0.274. The maximum atomic E-state index is 10.6. The Morgan fingerprint density at radius 2 is 2.15 bits per heavy atom. The number of nitrogens with one attached hydrogen (secondary N) is 2. The van der Waals surface area contributed by atoms with E-state index in [0.29, 0.717) is 5.69 Å². The first-order valence-electron chi connectivity index (χ1n) is 3.61. The molecule has 1 heterocycles. The fourth-order valence-electron chi connectivity index (χ4n) is 1.26. The average Bonchev–Trinajstić information content (AvgIpc) is 2.55. The van der Waals surface area contributed by atoms with E-state index < -0.39 is 0 Å². The van der Waals surface area contributed by atoms with E-state index in [9.17, 15) is 5.21 Å². The predicted octanol–water partition coefficient (Wildman–Crippen LogP) is 2.22. The number of hydrogen-bond donors (Lipinski definition) is 2. The van der Waals surface area contributed by atoms with E-state index in [-0.39, 0.29) is 5.88 Å². The van der Waals surface area contributed by atoms with Gasteiger partial charge in [0, 0.05) is 0 Å². The van der Waals surface area contributed by atoms with Gasteiger partial charge in [-0.25, -0.2) is 0 Å². The number of H-pyrrole nitrogens is 1. The van der Waals surface area contributed by atoms with Crippen molar-refractivity contribution < 1.29 is 19.4 Å². The normalized spacial score (nSPS) is 10.4. The van der Waals surface area contributed by atoms with Gasteiger partial charge in [-0.05, 0) is 0 Å². The molecule has 5 heteroatoms. The predicted molar refractivity (Wildman–Crippen MR) is 45.4 cm³/mol. The Morgan fingerprint density at radius 1 is 1.38 bits per heavy atom. The second-order valence-electron chi connectivity index (χ2n) is 2.54. The average molecular weight is 226 g/mol. The topological polar surface area (TPSA) is 62.2 Å². The Morgan fingerprint density at radius 3 is 2.85 bits per heavy atom. The molecule has 2 aromatic rings. The summed E-state index contributed by atoms with van der Waals surface area (Å²) in [6, 6.07) is 7.34. The van der Waals surface area contributed by atoms with Crippen molar-refractivity contribution in [2.75, 3.05) is 5.48 Å². The van der Waals surface area contributed by atoms with E-state index in [1.165, 1.54) is 0 Å². The number of para-hydroxylation sites is 1. The summed E-state index contributed by atoms with van der Waals surface area (Å²) in [5.41, 5.74) is 2.96. The van der Waals surface area contributed by atoms with Crippen LogP contribution in [0, 0.1) is 5.21 Å². The van der Waals surface area contributed by atoms with E-state index in [4.69, 9.17) is 0 Å². The summed E-state index contributed by atoms with van der Waals surface area (Å²) in [6.45, 7) is 0.